The monoisotopic (exact) mass is 447 g/mol. The number of halogens is 1. The third-order valence-corrected chi connectivity index (χ3v) is 7.26. The topological polar surface area (TPSA) is 79.4 Å². The molecule has 3 aromatic rings. The van der Waals surface area contributed by atoms with Crippen molar-refractivity contribution in [3.63, 3.8) is 0 Å². The molecule has 0 fully saturated rings. The summed E-state index contributed by atoms with van der Waals surface area (Å²) in [7, 11) is -3.76. The van der Waals surface area contributed by atoms with Crippen molar-refractivity contribution in [1.29, 1.82) is 0 Å². The van der Waals surface area contributed by atoms with Crippen LogP contribution in [0.5, 0.6) is 0 Å². The van der Waals surface area contributed by atoms with Crippen LogP contribution in [0.3, 0.4) is 0 Å². The summed E-state index contributed by atoms with van der Waals surface area (Å²) < 4.78 is 27.3. The molecule has 0 unspecified atom stereocenters. The zero-order chi connectivity index (χ0) is 20.4. The predicted molar refractivity (Wildman–Crippen MR) is 114 cm³/mol. The molecule has 150 valence electrons. The van der Waals surface area contributed by atoms with Gasteiger partial charge in [0.25, 0.3) is 10.0 Å². The number of nitrogens with zero attached hydrogens (tertiary/aromatic N) is 2. The second-order valence-electron chi connectivity index (χ2n) is 6.71. The lowest BCUT2D eigenvalue weighted by atomic mass is 10.00. The van der Waals surface area contributed by atoms with Gasteiger partial charge in [-0.2, -0.15) is 0 Å². The van der Waals surface area contributed by atoms with Gasteiger partial charge < -0.3 is 4.90 Å². The smallest absolute Gasteiger partial charge is 0.263 e. The number of benzene rings is 2. The number of hydrogen-bond acceptors (Lipinski definition) is 5. The van der Waals surface area contributed by atoms with E-state index in [4.69, 9.17) is 11.6 Å². The molecule has 0 bridgehead atoms. The zero-order valence-electron chi connectivity index (χ0n) is 15.3. The predicted octanol–water partition coefficient (Wildman–Crippen LogP) is 3.72. The van der Waals surface area contributed by atoms with Crippen LogP contribution in [0.15, 0.2) is 58.8 Å². The van der Waals surface area contributed by atoms with Crippen molar-refractivity contribution in [3.05, 3.63) is 75.8 Å². The number of rotatable bonds is 5. The molecule has 0 saturated carbocycles. The summed E-state index contributed by atoms with van der Waals surface area (Å²) in [6.45, 7) is 1.27. The average molecular weight is 448 g/mol. The first-order chi connectivity index (χ1) is 13.9. The number of carbonyl (C=O) groups is 1. The van der Waals surface area contributed by atoms with E-state index in [0.717, 1.165) is 17.8 Å². The fraction of sp³-hybridized carbons (Fsp3) is 0.200. The van der Waals surface area contributed by atoms with Gasteiger partial charge in [0.15, 0.2) is 5.13 Å². The standard InChI is InChI=1S/C20H18ClN3O3S2/c21-16-5-7-18(8-6-16)29(26,27)23-20-22-17(13-28-20)11-19(25)24-10-9-14-3-1-2-4-15(14)12-24/h1-8,13H,9-12H2,(H,22,23). The largest absolute Gasteiger partial charge is 0.338 e. The highest BCUT2D eigenvalue weighted by atomic mass is 35.5. The molecule has 1 aliphatic heterocycles. The molecule has 1 N–H and O–H groups in total. The summed E-state index contributed by atoms with van der Waals surface area (Å²) in [5.74, 6) is -0.0167. The number of fused-ring (bicyclic) bond motifs is 1. The molecule has 1 aromatic heterocycles. The summed E-state index contributed by atoms with van der Waals surface area (Å²) >= 11 is 6.96. The Morgan fingerprint density at radius 3 is 2.62 bits per heavy atom. The van der Waals surface area contributed by atoms with Crippen LogP contribution in [0.25, 0.3) is 0 Å². The van der Waals surface area contributed by atoms with Gasteiger partial charge in [0, 0.05) is 23.5 Å². The van der Waals surface area contributed by atoms with E-state index in [-0.39, 0.29) is 22.4 Å². The van der Waals surface area contributed by atoms with Crippen molar-refractivity contribution < 1.29 is 13.2 Å². The number of aromatic nitrogens is 1. The lowest BCUT2D eigenvalue weighted by molar-refractivity contribution is -0.131. The normalized spacial score (nSPS) is 13.8. The zero-order valence-corrected chi connectivity index (χ0v) is 17.7. The van der Waals surface area contributed by atoms with E-state index in [1.807, 2.05) is 23.1 Å². The number of thiazole rings is 1. The van der Waals surface area contributed by atoms with Gasteiger partial charge in [-0.25, -0.2) is 13.4 Å². The Morgan fingerprint density at radius 1 is 1.14 bits per heavy atom. The van der Waals surface area contributed by atoms with E-state index >= 15 is 0 Å². The van der Waals surface area contributed by atoms with Gasteiger partial charge in [-0.3, -0.25) is 9.52 Å². The Hall–Kier alpha value is -2.42. The summed E-state index contributed by atoms with van der Waals surface area (Å²) in [6.07, 6.45) is 0.979. The van der Waals surface area contributed by atoms with Crippen LogP contribution < -0.4 is 4.72 Å². The lowest BCUT2D eigenvalue weighted by Gasteiger charge is -2.28. The summed E-state index contributed by atoms with van der Waals surface area (Å²) in [6, 6.07) is 14.0. The van der Waals surface area contributed by atoms with Crippen LogP contribution in [-0.2, 0) is 34.2 Å². The van der Waals surface area contributed by atoms with Crippen LogP contribution in [0.2, 0.25) is 5.02 Å². The van der Waals surface area contributed by atoms with E-state index in [0.29, 0.717) is 23.8 Å². The van der Waals surface area contributed by atoms with Crippen molar-refractivity contribution in [3.8, 4) is 0 Å². The Kier molecular flexibility index (Phi) is 5.58. The first-order valence-corrected chi connectivity index (χ1v) is 11.7. The molecule has 0 aliphatic carbocycles. The maximum Gasteiger partial charge on any atom is 0.263 e. The van der Waals surface area contributed by atoms with Crippen molar-refractivity contribution in [2.75, 3.05) is 11.3 Å². The molecular formula is C20H18ClN3O3S2. The molecule has 0 atom stereocenters. The number of carbonyl (C=O) groups excluding carboxylic acids is 1. The molecule has 4 rings (SSSR count). The number of nitrogens with one attached hydrogen (secondary N) is 1. The Bertz CT molecular complexity index is 1140. The minimum Gasteiger partial charge on any atom is -0.338 e. The van der Waals surface area contributed by atoms with Gasteiger partial charge in [0.2, 0.25) is 5.91 Å². The number of amides is 1. The third kappa shape index (κ3) is 4.60. The van der Waals surface area contributed by atoms with E-state index in [2.05, 4.69) is 15.8 Å². The van der Waals surface area contributed by atoms with Crippen LogP contribution in [0.4, 0.5) is 5.13 Å². The molecule has 0 radical (unpaired) electrons. The van der Waals surface area contributed by atoms with Crippen molar-refractivity contribution in [2.24, 2.45) is 0 Å². The molecule has 1 amide bonds. The van der Waals surface area contributed by atoms with E-state index in [1.165, 1.54) is 35.4 Å². The molecule has 2 heterocycles. The molecule has 2 aromatic carbocycles. The number of hydrogen-bond donors (Lipinski definition) is 1. The molecule has 6 nitrogen and oxygen atoms in total. The highest BCUT2D eigenvalue weighted by Gasteiger charge is 2.22. The first-order valence-electron chi connectivity index (χ1n) is 8.98. The van der Waals surface area contributed by atoms with Crippen molar-refractivity contribution in [2.45, 2.75) is 24.3 Å². The summed E-state index contributed by atoms with van der Waals surface area (Å²) in [5.41, 5.74) is 3.00. The van der Waals surface area contributed by atoms with E-state index in [1.54, 1.807) is 5.38 Å². The number of sulfonamides is 1. The summed E-state index contributed by atoms with van der Waals surface area (Å²) in [4.78, 5) is 18.9. The Labute approximate surface area is 178 Å². The van der Waals surface area contributed by atoms with Gasteiger partial charge in [0.05, 0.1) is 17.0 Å². The maximum atomic E-state index is 12.7. The fourth-order valence-corrected chi connectivity index (χ4v) is 5.29. The second kappa shape index (κ2) is 8.14. The average Bonchev–Trinajstić information content (AvgIpc) is 3.13. The maximum absolute atomic E-state index is 12.7. The first kappa shape index (κ1) is 19.9. The van der Waals surface area contributed by atoms with Gasteiger partial charge in [0.1, 0.15) is 0 Å². The second-order valence-corrected chi connectivity index (χ2v) is 9.69. The molecular weight excluding hydrogens is 430 g/mol. The van der Waals surface area contributed by atoms with Crippen LogP contribution in [0.1, 0.15) is 16.8 Å². The van der Waals surface area contributed by atoms with Crippen LogP contribution in [0, 0.1) is 0 Å². The van der Waals surface area contributed by atoms with Crippen LogP contribution in [-0.4, -0.2) is 30.8 Å². The lowest BCUT2D eigenvalue weighted by Crippen LogP contribution is -2.36. The minimum atomic E-state index is -3.76. The summed E-state index contributed by atoms with van der Waals surface area (Å²) in [5, 5.41) is 2.39. The highest BCUT2D eigenvalue weighted by Crippen LogP contribution is 2.23. The SMILES string of the molecule is O=C(Cc1csc(NS(=O)(=O)c2ccc(Cl)cc2)n1)N1CCc2ccccc2C1. The van der Waals surface area contributed by atoms with E-state index in [9.17, 15) is 13.2 Å². The third-order valence-electron chi connectivity index (χ3n) is 4.71. The van der Waals surface area contributed by atoms with Gasteiger partial charge >= 0.3 is 0 Å². The van der Waals surface area contributed by atoms with Crippen LogP contribution >= 0.6 is 22.9 Å². The van der Waals surface area contributed by atoms with Gasteiger partial charge in [-0.1, -0.05) is 35.9 Å². The quantitative estimate of drug-likeness (QED) is 0.646. The highest BCUT2D eigenvalue weighted by molar-refractivity contribution is 7.93. The Balaban J connectivity index is 1.40. The molecule has 0 spiro atoms. The Morgan fingerprint density at radius 2 is 1.86 bits per heavy atom. The fourth-order valence-electron chi connectivity index (χ4n) is 3.20. The molecule has 1 aliphatic rings. The van der Waals surface area contributed by atoms with E-state index < -0.39 is 10.0 Å². The van der Waals surface area contributed by atoms with Gasteiger partial charge in [-0.15, -0.1) is 11.3 Å². The molecule has 29 heavy (non-hydrogen) atoms. The number of anilines is 1. The molecule has 9 heteroatoms. The van der Waals surface area contributed by atoms with Crippen molar-refractivity contribution in [1.82, 2.24) is 9.88 Å². The van der Waals surface area contributed by atoms with Gasteiger partial charge in [-0.05, 0) is 41.8 Å². The minimum absolute atomic E-state index is 0.0167. The van der Waals surface area contributed by atoms with Crippen molar-refractivity contribution >= 4 is 44.0 Å². The molecule has 0 saturated heterocycles.